The Morgan fingerprint density at radius 1 is 1.23 bits per heavy atom. The predicted molar refractivity (Wildman–Crippen MR) is 92.2 cm³/mol. The van der Waals surface area contributed by atoms with Crippen molar-refractivity contribution in [2.24, 2.45) is 0 Å². The van der Waals surface area contributed by atoms with Gasteiger partial charge in [0.15, 0.2) is 5.65 Å². The Hall–Kier alpha value is -1.34. The van der Waals surface area contributed by atoms with Gasteiger partial charge in [0, 0.05) is 18.1 Å². The van der Waals surface area contributed by atoms with Crippen molar-refractivity contribution in [3.8, 4) is 0 Å². The van der Waals surface area contributed by atoms with Crippen LogP contribution in [0.5, 0.6) is 0 Å². The van der Waals surface area contributed by atoms with Crippen molar-refractivity contribution < 1.29 is 0 Å². The first kappa shape index (κ1) is 14.3. The van der Waals surface area contributed by atoms with Crippen LogP contribution in [0, 0.1) is 0 Å². The molecule has 0 saturated carbocycles. The fourth-order valence-electron chi connectivity index (χ4n) is 2.16. The van der Waals surface area contributed by atoms with Crippen molar-refractivity contribution >= 4 is 62.2 Å². The van der Waals surface area contributed by atoms with E-state index in [1.807, 2.05) is 22.0 Å². The topological polar surface area (TPSA) is 43.1 Å². The molecule has 0 radical (unpaired) electrons. The predicted octanol–water partition coefficient (Wildman–Crippen LogP) is 4.94. The van der Waals surface area contributed by atoms with Crippen LogP contribution in [-0.2, 0) is 5.75 Å². The van der Waals surface area contributed by atoms with E-state index in [9.17, 15) is 0 Å². The standard InChI is InChI=1S/C14H8Cl2N4S2/c15-8-3-10(16)13-19-9(5-20(13)4-8)6-22-14-12-11(1-2-21-12)17-7-18-14/h1-5,7H,6H2. The Bertz CT molecular complexity index is 979. The summed E-state index contributed by atoms with van der Waals surface area (Å²) in [5.74, 6) is 0.708. The van der Waals surface area contributed by atoms with E-state index in [4.69, 9.17) is 23.2 Å². The van der Waals surface area contributed by atoms with Gasteiger partial charge in [0.1, 0.15) is 11.4 Å². The van der Waals surface area contributed by atoms with Crippen molar-refractivity contribution in [2.45, 2.75) is 10.8 Å². The first-order valence-corrected chi connectivity index (χ1v) is 8.96. The van der Waals surface area contributed by atoms with E-state index in [0.29, 0.717) is 21.4 Å². The molecule has 0 spiro atoms. The number of pyridine rings is 1. The van der Waals surface area contributed by atoms with Crippen LogP contribution in [0.4, 0.5) is 0 Å². The summed E-state index contributed by atoms with van der Waals surface area (Å²) in [7, 11) is 0. The maximum Gasteiger partial charge on any atom is 0.155 e. The van der Waals surface area contributed by atoms with Crippen LogP contribution in [-0.4, -0.2) is 19.4 Å². The third-order valence-electron chi connectivity index (χ3n) is 3.09. The molecule has 0 saturated heterocycles. The van der Waals surface area contributed by atoms with Crippen LogP contribution in [0.25, 0.3) is 15.9 Å². The molecule has 4 heterocycles. The highest BCUT2D eigenvalue weighted by atomic mass is 35.5. The van der Waals surface area contributed by atoms with E-state index in [-0.39, 0.29) is 0 Å². The molecular weight excluding hydrogens is 359 g/mol. The van der Waals surface area contributed by atoms with Crippen molar-refractivity contribution in [3.05, 3.63) is 52.0 Å². The Morgan fingerprint density at radius 2 is 2.14 bits per heavy atom. The second kappa shape index (κ2) is 5.70. The van der Waals surface area contributed by atoms with Gasteiger partial charge in [0.2, 0.25) is 0 Å². The third-order valence-corrected chi connectivity index (χ3v) is 5.64. The minimum atomic E-state index is 0.548. The molecule has 0 aliphatic heterocycles. The van der Waals surface area contributed by atoms with Gasteiger partial charge in [0.05, 0.1) is 26.0 Å². The van der Waals surface area contributed by atoms with Crippen LogP contribution in [0.15, 0.2) is 41.3 Å². The summed E-state index contributed by atoms with van der Waals surface area (Å²) in [5.41, 5.74) is 2.62. The molecule has 8 heteroatoms. The second-order valence-electron chi connectivity index (χ2n) is 4.57. The van der Waals surface area contributed by atoms with E-state index in [2.05, 4.69) is 15.0 Å². The molecule has 0 amide bonds. The van der Waals surface area contributed by atoms with E-state index in [1.165, 1.54) is 0 Å². The maximum absolute atomic E-state index is 6.16. The summed E-state index contributed by atoms with van der Waals surface area (Å²) in [6.07, 6.45) is 5.33. The molecule has 4 aromatic heterocycles. The fourth-order valence-corrected chi connectivity index (χ4v) is 4.51. The molecule has 0 unspecified atom stereocenters. The number of halogens is 2. The maximum atomic E-state index is 6.16. The first-order valence-electron chi connectivity index (χ1n) is 6.34. The lowest BCUT2D eigenvalue weighted by Crippen LogP contribution is -1.85. The lowest BCUT2D eigenvalue weighted by molar-refractivity contribution is 1.10. The van der Waals surface area contributed by atoms with Crippen LogP contribution in [0.2, 0.25) is 10.0 Å². The van der Waals surface area contributed by atoms with E-state index in [1.54, 1.807) is 41.7 Å². The third kappa shape index (κ3) is 2.56. The number of hydrogen-bond acceptors (Lipinski definition) is 5. The second-order valence-corrected chi connectivity index (χ2v) is 7.30. The summed E-state index contributed by atoms with van der Waals surface area (Å²) >= 11 is 15.5. The van der Waals surface area contributed by atoms with Crippen LogP contribution < -0.4 is 0 Å². The van der Waals surface area contributed by atoms with Gasteiger partial charge in [-0.3, -0.25) is 0 Å². The van der Waals surface area contributed by atoms with Crippen molar-refractivity contribution in [1.29, 1.82) is 0 Å². The van der Waals surface area contributed by atoms with Gasteiger partial charge in [-0.25, -0.2) is 15.0 Å². The highest BCUT2D eigenvalue weighted by Gasteiger charge is 2.10. The number of rotatable bonds is 3. The number of thioether (sulfide) groups is 1. The van der Waals surface area contributed by atoms with E-state index < -0.39 is 0 Å². The largest absolute Gasteiger partial charge is 0.304 e. The number of thiophene rings is 1. The van der Waals surface area contributed by atoms with Gasteiger partial charge in [0.25, 0.3) is 0 Å². The summed E-state index contributed by atoms with van der Waals surface area (Å²) in [6, 6.07) is 3.69. The summed E-state index contributed by atoms with van der Waals surface area (Å²) in [6.45, 7) is 0. The van der Waals surface area contributed by atoms with Gasteiger partial charge < -0.3 is 4.40 Å². The zero-order chi connectivity index (χ0) is 15.1. The smallest absolute Gasteiger partial charge is 0.155 e. The molecular formula is C14H8Cl2N4S2. The number of imidazole rings is 1. The summed E-state index contributed by atoms with van der Waals surface area (Å²) < 4.78 is 2.96. The highest BCUT2D eigenvalue weighted by Crippen LogP contribution is 2.31. The van der Waals surface area contributed by atoms with Gasteiger partial charge in [-0.1, -0.05) is 35.0 Å². The molecule has 4 nitrogen and oxygen atoms in total. The summed E-state index contributed by atoms with van der Waals surface area (Å²) in [4.78, 5) is 13.2. The zero-order valence-corrected chi connectivity index (χ0v) is 14.2. The quantitative estimate of drug-likeness (QED) is 0.380. The molecule has 0 aliphatic carbocycles. The minimum absolute atomic E-state index is 0.548. The monoisotopic (exact) mass is 366 g/mol. The Kier molecular flexibility index (Phi) is 3.69. The van der Waals surface area contributed by atoms with Crippen LogP contribution in [0.3, 0.4) is 0 Å². The van der Waals surface area contributed by atoms with Gasteiger partial charge in [-0.05, 0) is 17.5 Å². The molecule has 0 aromatic carbocycles. The minimum Gasteiger partial charge on any atom is -0.304 e. The Morgan fingerprint density at radius 3 is 3.05 bits per heavy atom. The molecule has 0 N–H and O–H groups in total. The molecule has 4 rings (SSSR count). The SMILES string of the molecule is Clc1cc(Cl)c2nc(CSc3ncnc4ccsc34)cn2c1. The number of nitrogens with zero attached hydrogens (tertiary/aromatic N) is 4. The van der Waals surface area contributed by atoms with Crippen molar-refractivity contribution in [3.63, 3.8) is 0 Å². The Balaban J connectivity index is 1.64. The first-order chi connectivity index (χ1) is 10.7. The number of fused-ring (bicyclic) bond motifs is 2. The average Bonchev–Trinajstić information content (AvgIpc) is 3.11. The molecule has 110 valence electrons. The molecule has 0 atom stereocenters. The fraction of sp³-hybridized carbons (Fsp3) is 0.0714. The van der Waals surface area contributed by atoms with Crippen LogP contribution in [0.1, 0.15) is 5.69 Å². The normalized spacial score (nSPS) is 11.5. The lowest BCUT2D eigenvalue weighted by Gasteiger charge is -1.99. The van der Waals surface area contributed by atoms with E-state index in [0.717, 1.165) is 20.9 Å². The highest BCUT2D eigenvalue weighted by molar-refractivity contribution is 7.98. The Labute approximate surface area is 144 Å². The average molecular weight is 367 g/mol. The van der Waals surface area contributed by atoms with Crippen LogP contribution >= 0.6 is 46.3 Å². The molecule has 0 bridgehead atoms. The summed E-state index contributed by atoms with van der Waals surface area (Å²) in [5, 5.41) is 4.13. The van der Waals surface area contributed by atoms with Gasteiger partial charge in [-0.15, -0.1) is 11.3 Å². The molecule has 4 aromatic rings. The lowest BCUT2D eigenvalue weighted by atomic mass is 10.5. The number of aromatic nitrogens is 4. The molecule has 0 aliphatic rings. The number of hydrogen-bond donors (Lipinski definition) is 0. The molecule has 22 heavy (non-hydrogen) atoms. The van der Waals surface area contributed by atoms with Gasteiger partial charge >= 0.3 is 0 Å². The van der Waals surface area contributed by atoms with Gasteiger partial charge in [-0.2, -0.15) is 0 Å². The van der Waals surface area contributed by atoms with Crippen molar-refractivity contribution in [1.82, 2.24) is 19.4 Å². The molecule has 0 fully saturated rings. The van der Waals surface area contributed by atoms with E-state index >= 15 is 0 Å². The zero-order valence-electron chi connectivity index (χ0n) is 11.0. The van der Waals surface area contributed by atoms with Crippen molar-refractivity contribution in [2.75, 3.05) is 0 Å².